The van der Waals surface area contributed by atoms with Gasteiger partial charge in [0, 0.05) is 0 Å². The Balaban J connectivity index is 0.000000166. The Bertz CT molecular complexity index is 2450. The van der Waals surface area contributed by atoms with E-state index in [9.17, 15) is 0 Å². The van der Waals surface area contributed by atoms with Gasteiger partial charge in [-0.3, -0.25) is 0 Å². The summed E-state index contributed by atoms with van der Waals surface area (Å²) >= 11 is -1.65. The number of halogens is 2. The van der Waals surface area contributed by atoms with Gasteiger partial charge in [0.05, 0.1) is 23.0 Å². The molecule has 0 fully saturated rings. The van der Waals surface area contributed by atoms with Crippen LogP contribution in [-0.4, -0.2) is 5.43 Å². The van der Waals surface area contributed by atoms with Crippen LogP contribution in [0.1, 0.15) is 58.7 Å². The van der Waals surface area contributed by atoms with Gasteiger partial charge in [0.15, 0.2) is 0 Å². The fraction of sp³-hybridized carbons (Fsp3) is 0.240. The minimum absolute atomic E-state index is 0.224. The maximum absolute atomic E-state index is 5.84. The van der Waals surface area contributed by atoms with Crippen LogP contribution in [-0.2, 0) is 30.8 Å². The molecule has 288 valence electrons. The first-order chi connectivity index (χ1) is 26.8. The van der Waals surface area contributed by atoms with Crippen LogP contribution in [0.25, 0.3) is 66.4 Å². The fourth-order valence-corrected chi connectivity index (χ4v) is 7.23. The Labute approximate surface area is 348 Å². The van der Waals surface area contributed by atoms with Crippen molar-refractivity contribution >= 4 is 44.0 Å². The Kier molecular flexibility index (Phi) is 13.7. The molecule has 0 amide bonds. The number of aryl methyl sites for hydroxylation is 6. The van der Waals surface area contributed by atoms with Gasteiger partial charge in [-0.15, -0.1) is 57.9 Å². The van der Waals surface area contributed by atoms with Crippen LogP contribution >= 0.6 is 17.0 Å². The van der Waals surface area contributed by atoms with Crippen LogP contribution in [0.4, 0.5) is 0 Å². The zero-order valence-electron chi connectivity index (χ0n) is 34.4. The average molecular weight is 875 g/mol. The summed E-state index contributed by atoms with van der Waals surface area (Å²) < 4.78 is 11.7. The second-order valence-electron chi connectivity index (χ2n) is 15.1. The van der Waals surface area contributed by atoms with Gasteiger partial charge < -0.3 is 8.83 Å². The van der Waals surface area contributed by atoms with Gasteiger partial charge in [-0.05, 0) is 112 Å². The zero-order valence-corrected chi connectivity index (χ0v) is 39.3. The average Bonchev–Trinajstić information content (AvgIpc) is 4.00. The van der Waals surface area contributed by atoms with E-state index >= 15 is 0 Å². The Morgan fingerprint density at radius 2 is 0.893 bits per heavy atom. The van der Waals surface area contributed by atoms with Crippen molar-refractivity contribution in [2.45, 2.75) is 81.3 Å². The molecule has 0 atom stereocenters. The molecule has 0 unspecified atom stereocenters. The van der Waals surface area contributed by atoms with E-state index in [0.29, 0.717) is 0 Å². The molecule has 0 aliphatic carbocycles. The summed E-state index contributed by atoms with van der Waals surface area (Å²) in [5, 5.41) is 5.16. The van der Waals surface area contributed by atoms with Crippen molar-refractivity contribution in [1.29, 1.82) is 0 Å². The molecule has 6 aromatic carbocycles. The molecule has 2 nitrogen and oxygen atoms in total. The van der Waals surface area contributed by atoms with Crippen molar-refractivity contribution < 1.29 is 26.8 Å². The second kappa shape index (κ2) is 18.3. The monoisotopic (exact) mass is 872 g/mol. The molecule has 2 aromatic heterocycles. The number of benzene rings is 4. The molecule has 0 radical (unpaired) electrons. The minimum atomic E-state index is -1.65. The van der Waals surface area contributed by atoms with Gasteiger partial charge in [0.25, 0.3) is 0 Å². The van der Waals surface area contributed by atoms with Crippen LogP contribution in [0.2, 0.25) is 13.1 Å². The normalized spacial score (nSPS) is 11.0. The quantitative estimate of drug-likeness (QED) is 0.123. The van der Waals surface area contributed by atoms with E-state index in [0.717, 1.165) is 47.0 Å². The standard InChI is InChI=1S/2C24H23O.C2H6Si.2ClH.Zr/c2*1-5-18-7-9-19(10-8-18)24-17(4)15(2)12-20-13-21(14-22(20)24)23-11-6-16(3)25-23;1-3-2;;;/h2*6-14H,5H2,1-4H3;1-2H3;2*1H;/q2*-1;;;;+2/p-2. The number of hydrogen-bond acceptors (Lipinski definition) is 2. The van der Waals surface area contributed by atoms with Gasteiger partial charge in [-0.1, -0.05) is 95.8 Å². The Morgan fingerprint density at radius 1 is 0.536 bits per heavy atom. The van der Waals surface area contributed by atoms with Crippen LogP contribution in [0.15, 0.2) is 118 Å². The van der Waals surface area contributed by atoms with E-state index in [2.05, 4.69) is 152 Å². The summed E-state index contributed by atoms with van der Waals surface area (Å²) in [6.07, 6.45) is 2.14. The van der Waals surface area contributed by atoms with Crippen LogP contribution in [0.5, 0.6) is 0 Å². The van der Waals surface area contributed by atoms with E-state index in [4.69, 9.17) is 25.9 Å². The molecule has 0 aliphatic rings. The molecular formula is C50H52Cl2O2SiZr-2. The molecule has 0 aliphatic heterocycles. The summed E-state index contributed by atoms with van der Waals surface area (Å²) in [6, 6.07) is 39.7. The van der Waals surface area contributed by atoms with Crippen molar-refractivity contribution in [2.75, 3.05) is 0 Å². The molecule has 0 saturated carbocycles. The summed E-state index contributed by atoms with van der Waals surface area (Å²) in [4.78, 5) is 0. The first-order valence-corrected chi connectivity index (χ1v) is 32.0. The van der Waals surface area contributed by atoms with E-state index in [1.165, 1.54) is 77.2 Å². The van der Waals surface area contributed by atoms with Crippen molar-refractivity contribution in [3.63, 3.8) is 0 Å². The van der Waals surface area contributed by atoms with Crippen molar-refractivity contribution in [2.24, 2.45) is 0 Å². The summed E-state index contributed by atoms with van der Waals surface area (Å²) in [7, 11) is 11.2. The fourth-order valence-electron chi connectivity index (χ4n) is 7.23. The van der Waals surface area contributed by atoms with Crippen molar-refractivity contribution in [1.82, 2.24) is 0 Å². The number of rotatable bonds is 6. The SMILES string of the molecule is CCc1ccc(-c2c(C)c(C)cc3[cH-]c(-c4ccc(C)o4)cc23)cc1.CCc1ccc(-c2c(C)c(C)cc3[cH-]c(-c4ccc(C)o4)cc23)cc1.C[Si](C)=[Zr]([Cl])[Cl]. The first-order valence-electron chi connectivity index (χ1n) is 19.5. The number of fused-ring (bicyclic) bond motifs is 2. The Hall–Kier alpha value is -3.66. The van der Waals surface area contributed by atoms with Crippen LogP contribution in [0.3, 0.4) is 0 Å². The second-order valence-corrected chi connectivity index (χ2v) is 38.0. The van der Waals surface area contributed by atoms with Crippen LogP contribution in [0, 0.1) is 41.5 Å². The van der Waals surface area contributed by atoms with Crippen molar-refractivity contribution in [3.05, 3.63) is 154 Å². The van der Waals surface area contributed by atoms with Gasteiger partial charge in [0.2, 0.25) is 0 Å². The third kappa shape index (κ3) is 9.37. The predicted molar refractivity (Wildman–Crippen MR) is 242 cm³/mol. The van der Waals surface area contributed by atoms with E-state index < -0.39 is 18.0 Å². The van der Waals surface area contributed by atoms with E-state index in [1.54, 1.807) is 0 Å². The van der Waals surface area contributed by atoms with Crippen LogP contribution < -0.4 is 0 Å². The first kappa shape index (κ1) is 42.0. The van der Waals surface area contributed by atoms with Gasteiger partial charge in [-0.2, -0.15) is 0 Å². The molecule has 8 aromatic rings. The molecule has 0 saturated heterocycles. The van der Waals surface area contributed by atoms with Gasteiger partial charge >= 0.3 is 53.5 Å². The number of hydrogen-bond donors (Lipinski definition) is 0. The third-order valence-electron chi connectivity index (χ3n) is 10.8. The van der Waals surface area contributed by atoms with E-state index in [1.807, 2.05) is 26.0 Å². The maximum atomic E-state index is 5.84. The van der Waals surface area contributed by atoms with Gasteiger partial charge in [-0.25, -0.2) is 0 Å². The summed E-state index contributed by atoms with van der Waals surface area (Å²) in [6.45, 7) is 21.5. The molecule has 56 heavy (non-hydrogen) atoms. The molecular weight excluding hydrogens is 823 g/mol. The van der Waals surface area contributed by atoms with Crippen molar-refractivity contribution in [3.8, 4) is 44.9 Å². The molecule has 2 heterocycles. The number of furan rings is 2. The molecule has 0 spiro atoms. The predicted octanol–water partition coefficient (Wildman–Crippen LogP) is 16.1. The molecule has 8 rings (SSSR count). The molecule has 6 heteroatoms. The third-order valence-corrected chi connectivity index (χ3v) is 30.5. The zero-order chi connectivity index (χ0) is 40.3. The van der Waals surface area contributed by atoms with Gasteiger partial charge in [0.1, 0.15) is 0 Å². The molecule has 0 bridgehead atoms. The molecule has 0 N–H and O–H groups in total. The summed E-state index contributed by atoms with van der Waals surface area (Å²) in [5.74, 6) is 3.78. The topological polar surface area (TPSA) is 26.3 Å². The summed E-state index contributed by atoms with van der Waals surface area (Å²) in [5.41, 5.74) is 15.4. The Morgan fingerprint density at radius 3 is 1.18 bits per heavy atom. The van der Waals surface area contributed by atoms with E-state index in [-0.39, 0.29) is 5.43 Å².